The van der Waals surface area contributed by atoms with Crippen molar-refractivity contribution in [3.8, 4) is 0 Å². The van der Waals surface area contributed by atoms with Gasteiger partial charge < -0.3 is 15.4 Å². The van der Waals surface area contributed by atoms with Gasteiger partial charge in [-0.05, 0) is 68.3 Å². The smallest absolute Gasteiger partial charge is 0.102 e. The number of methoxy groups -OCH3 is 1. The molecule has 5 aromatic carbocycles. The topological polar surface area (TPSA) is 82.7 Å². The summed E-state index contributed by atoms with van der Waals surface area (Å²) in [5.74, 6) is 0. The van der Waals surface area contributed by atoms with Gasteiger partial charge in [0.25, 0.3) is 0 Å². The second-order valence-electron chi connectivity index (χ2n) is 10.2. The van der Waals surface area contributed by atoms with E-state index in [1.165, 1.54) is 5.56 Å². The number of ether oxygens (including phenoxy) is 1. The van der Waals surface area contributed by atoms with Gasteiger partial charge in [-0.1, -0.05) is 48.5 Å². The van der Waals surface area contributed by atoms with Crippen LogP contribution in [0.15, 0.2) is 111 Å². The van der Waals surface area contributed by atoms with Crippen molar-refractivity contribution in [3.05, 3.63) is 96.6 Å². The highest BCUT2D eigenvalue weighted by Crippen LogP contribution is 2.42. The standard InChI is InChI=1S/C32H30N6O/c1-32(2)33-29-10-6-9-25-28(17-18-30(34-32)31(25)29)38-37-27-16-15-26(23-7-4-5-8-24(23)27)36-35-22-13-11-21(12-14-22)19-20-39-3/h4-18,33-34H,19-20H2,1-3H3. The summed E-state index contributed by atoms with van der Waals surface area (Å²) >= 11 is 0. The van der Waals surface area contributed by atoms with E-state index < -0.39 is 0 Å². The van der Waals surface area contributed by atoms with Crippen LogP contribution in [0.2, 0.25) is 0 Å². The van der Waals surface area contributed by atoms with Gasteiger partial charge in [-0.3, -0.25) is 0 Å². The normalized spacial score (nSPS) is 14.2. The lowest BCUT2D eigenvalue weighted by Gasteiger charge is -2.36. The highest BCUT2D eigenvalue weighted by Gasteiger charge is 2.25. The van der Waals surface area contributed by atoms with E-state index in [0.717, 1.165) is 62.1 Å². The maximum Gasteiger partial charge on any atom is 0.102 e. The lowest BCUT2D eigenvalue weighted by Crippen LogP contribution is -2.41. The summed E-state index contributed by atoms with van der Waals surface area (Å²) in [6.45, 7) is 4.94. The largest absolute Gasteiger partial charge is 0.384 e. The van der Waals surface area contributed by atoms with E-state index in [1.54, 1.807) is 7.11 Å². The molecular formula is C32H30N6O. The third-order valence-corrected chi connectivity index (χ3v) is 6.86. The van der Waals surface area contributed by atoms with Crippen LogP contribution in [0.25, 0.3) is 21.5 Å². The number of nitrogens with one attached hydrogen (secondary N) is 2. The number of nitrogens with zero attached hydrogens (tertiary/aromatic N) is 4. The van der Waals surface area contributed by atoms with Gasteiger partial charge in [-0.15, -0.1) is 15.3 Å². The zero-order valence-corrected chi connectivity index (χ0v) is 22.3. The molecule has 1 aliphatic rings. The molecule has 1 heterocycles. The number of azo groups is 2. The average Bonchev–Trinajstić information content (AvgIpc) is 2.95. The summed E-state index contributed by atoms with van der Waals surface area (Å²) in [5.41, 5.74) is 6.36. The number of hydrogen-bond donors (Lipinski definition) is 2. The van der Waals surface area contributed by atoms with Gasteiger partial charge in [0.1, 0.15) is 5.66 Å². The van der Waals surface area contributed by atoms with Crippen molar-refractivity contribution in [3.63, 3.8) is 0 Å². The van der Waals surface area contributed by atoms with Crippen LogP contribution in [-0.2, 0) is 11.2 Å². The Morgan fingerprint density at radius 2 is 1.18 bits per heavy atom. The van der Waals surface area contributed by atoms with Crippen molar-refractivity contribution in [1.82, 2.24) is 0 Å². The van der Waals surface area contributed by atoms with Crippen molar-refractivity contribution < 1.29 is 4.74 Å². The molecule has 39 heavy (non-hydrogen) atoms. The number of benzene rings is 5. The van der Waals surface area contributed by atoms with E-state index >= 15 is 0 Å². The molecule has 0 aromatic heterocycles. The summed E-state index contributed by atoms with van der Waals surface area (Å²) in [6, 6.07) is 30.4. The lowest BCUT2D eigenvalue weighted by molar-refractivity contribution is 0.202. The van der Waals surface area contributed by atoms with E-state index in [4.69, 9.17) is 9.85 Å². The van der Waals surface area contributed by atoms with Gasteiger partial charge >= 0.3 is 0 Å². The predicted octanol–water partition coefficient (Wildman–Crippen LogP) is 9.59. The van der Waals surface area contributed by atoms with Gasteiger partial charge in [-0.25, -0.2) is 0 Å². The fourth-order valence-corrected chi connectivity index (χ4v) is 5.00. The maximum absolute atomic E-state index is 5.15. The molecule has 0 spiro atoms. The summed E-state index contributed by atoms with van der Waals surface area (Å²) in [7, 11) is 1.71. The Morgan fingerprint density at radius 1 is 0.615 bits per heavy atom. The molecule has 6 rings (SSSR count). The zero-order valence-electron chi connectivity index (χ0n) is 22.3. The van der Waals surface area contributed by atoms with E-state index in [-0.39, 0.29) is 5.66 Å². The molecular weight excluding hydrogens is 484 g/mol. The third kappa shape index (κ3) is 5.09. The molecule has 0 bridgehead atoms. The van der Waals surface area contributed by atoms with Crippen LogP contribution in [0.5, 0.6) is 0 Å². The highest BCUT2D eigenvalue weighted by molar-refractivity contribution is 6.09. The third-order valence-electron chi connectivity index (χ3n) is 6.86. The van der Waals surface area contributed by atoms with E-state index in [9.17, 15) is 0 Å². The molecule has 0 unspecified atom stereocenters. The number of anilines is 2. The Morgan fingerprint density at radius 3 is 1.85 bits per heavy atom. The van der Waals surface area contributed by atoms with Crippen LogP contribution in [0.1, 0.15) is 19.4 Å². The molecule has 0 atom stereocenters. The van der Waals surface area contributed by atoms with Crippen molar-refractivity contribution in [1.29, 1.82) is 0 Å². The molecule has 7 heteroatoms. The maximum atomic E-state index is 5.15. The van der Waals surface area contributed by atoms with Crippen LogP contribution >= 0.6 is 0 Å². The molecule has 0 radical (unpaired) electrons. The second-order valence-corrected chi connectivity index (χ2v) is 10.2. The van der Waals surface area contributed by atoms with E-state index in [2.05, 4.69) is 76.2 Å². The molecule has 0 aliphatic carbocycles. The molecule has 1 aliphatic heterocycles. The first-order chi connectivity index (χ1) is 19.0. The highest BCUT2D eigenvalue weighted by atomic mass is 16.5. The Hall–Kier alpha value is -4.62. The minimum Gasteiger partial charge on any atom is -0.384 e. The molecule has 0 saturated carbocycles. The molecule has 0 amide bonds. The van der Waals surface area contributed by atoms with E-state index in [0.29, 0.717) is 6.61 Å². The average molecular weight is 515 g/mol. The summed E-state index contributed by atoms with van der Waals surface area (Å²) in [6.07, 6.45) is 0.877. The van der Waals surface area contributed by atoms with Gasteiger partial charge in [0.15, 0.2) is 0 Å². The Bertz CT molecular complexity index is 1710. The fraction of sp³-hybridized carbons (Fsp3) is 0.188. The van der Waals surface area contributed by atoms with Crippen molar-refractivity contribution in [2.24, 2.45) is 20.5 Å². The second kappa shape index (κ2) is 10.3. The Balaban J connectivity index is 1.31. The first-order valence-electron chi connectivity index (χ1n) is 13.1. The van der Waals surface area contributed by atoms with Gasteiger partial charge in [0, 0.05) is 40.0 Å². The molecule has 2 N–H and O–H groups in total. The first-order valence-corrected chi connectivity index (χ1v) is 13.1. The molecule has 0 fully saturated rings. The summed E-state index contributed by atoms with van der Waals surface area (Å²) in [4.78, 5) is 0. The SMILES string of the molecule is COCCc1ccc(N=Nc2ccc(N=Nc3ccc4c5c(cccc35)NC(C)(C)N4)c3ccccc23)cc1. The van der Waals surface area contributed by atoms with E-state index in [1.807, 2.05) is 54.6 Å². The van der Waals surface area contributed by atoms with Crippen molar-refractivity contribution >= 4 is 55.7 Å². The molecule has 194 valence electrons. The Labute approximate surface area is 227 Å². The number of fused-ring (bicyclic) bond motifs is 1. The number of hydrogen-bond acceptors (Lipinski definition) is 7. The van der Waals surface area contributed by atoms with Gasteiger partial charge in [0.2, 0.25) is 0 Å². The van der Waals surface area contributed by atoms with Crippen LogP contribution in [0.3, 0.4) is 0 Å². The Kier molecular flexibility index (Phi) is 6.50. The fourth-order valence-electron chi connectivity index (χ4n) is 5.00. The van der Waals surface area contributed by atoms with Crippen LogP contribution in [0, 0.1) is 0 Å². The van der Waals surface area contributed by atoms with Crippen LogP contribution < -0.4 is 10.6 Å². The number of rotatable bonds is 7. The first kappa shape index (κ1) is 24.7. The minimum atomic E-state index is -0.226. The van der Waals surface area contributed by atoms with Crippen LogP contribution in [-0.4, -0.2) is 19.4 Å². The van der Waals surface area contributed by atoms with Gasteiger partial charge in [-0.2, -0.15) is 5.11 Å². The molecule has 0 saturated heterocycles. The van der Waals surface area contributed by atoms with Crippen molar-refractivity contribution in [2.75, 3.05) is 24.4 Å². The zero-order chi connectivity index (χ0) is 26.8. The van der Waals surface area contributed by atoms with Crippen LogP contribution in [0.4, 0.5) is 34.1 Å². The lowest BCUT2D eigenvalue weighted by atomic mass is 10.00. The molecule has 5 aromatic rings. The predicted molar refractivity (Wildman–Crippen MR) is 160 cm³/mol. The van der Waals surface area contributed by atoms with Crippen molar-refractivity contribution in [2.45, 2.75) is 25.9 Å². The summed E-state index contributed by atoms with van der Waals surface area (Å²) < 4.78 is 5.15. The molecule has 7 nitrogen and oxygen atoms in total. The summed E-state index contributed by atoms with van der Waals surface area (Å²) in [5, 5.41) is 29.6. The quantitative estimate of drug-likeness (QED) is 0.212. The minimum absolute atomic E-state index is 0.226. The monoisotopic (exact) mass is 514 g/mol. The van der Waals surface area contributed by atoms with Gasteiger partial charge in [0.05, 0.1) is 29.4 Å².